The number of ether oxygens (including phenoxy) is 2. The Balaban J connectivity index is 1.24. The molecule has 1 saturated heterocycles. The van der Waals surface area contributed by atoms with Gasteiger partial charge in [0, 0.05) is 38.3 Å². The minimum Gasteiger partial charge on any atom is -0.454 e. The summed E-state index contributed by atoms with van der Waals surface area (Å²) in [4.78, 5) is 3.03. The zero-order valence-electron chi connectivity index (χ0n) is 17.3. The van der Waals surface area contributed by atoms with Crippen molar-refractivity contribution in [1.29, 1.82) is 0 Å². The number of benzene rings is 1. The lowest BCUT2D eigenvalue weighted by molar-refractivity contribution is 0.173. The van der Waals surface area contributed by atoms with Gasteiger partial charge in [0.1, 0.15) is 4.21 Å². The molecule has 8 nitrogen and oxygen atoms in total. The predicted octanol–water partition coefficient (Wildman–Crippen LogP) is 3.26. The molecule has 4 heterocycles. The van der Waals surface area contributed by atoms with E-state index >= 15 is 0 Å². The number of thiophene rings is 1. The van der Waals surface area contributed by atoms with Crippen molar-refractivity contribution >= 4 is 21.4 Å². The second-order valence-electron chi connectivity index (χ2n) is 7.71. The van der Waals surface area contributed by atoms with Gasteiger partial charge in [-0.2, -0.15) is 4.31 Å². The second kappa shape index (κ2) is 7.94. The number of nitrogens with zero attached hydrogens (tertiary/aromatic N) is 3. The summed E-state index contributed by atoms with van der Waals surface area (Å²) in [6, 6.07) is 9.39. The lowest BCUT2D eigenvalue weighted by Crippen LogP contribution is -2.48. The number of fused-ring (bicyclic) bond motifs is 1. The maximum Gasteiger partial charge on any atom is 0.252 e. The number of rotatable bonds is 5. The first-order chi connectivity index (χ1) is 14.9. The van der Waals surface area contributed by atoms with Crippen LogP contribution in [0.15, 0.2) is 39.1 Å². The molecule has 0 bridgehead atoms. The third kappa shape index (κ3) is 3.84. The van der Waals surface area contributed by atoms with Gasteiger partial charge in [-0.25, -0.2) is 8.42 Å². The second-order valence-corrected chi connectivity index (χ2v) is 11.0. The van der Waals surface area contributed by atoms with Gasteiger partial charge in [-0.1, -0.05) is 11.2 Å². The first-order valence-corrected chi connectivity index (χ1v) is 12.3. The van der Waals surface area contributed by atoms with Crippen LogP contribution in [-0.2, 0) is 16.6 Å². The molecule has 0 N–H and O–H groups in total. The molecule has 0 spiro atoms. The Bertz CT molecular complexity index is 1210. The topological polar surface area (TPSA) is 85.1 Å². The lowest BCUT2D eigenvalue weighted by atomic mass is 10.2. The van der Waals surface area contributed by atoms with E-state index in [1.54, 1.807) is 16.4 Å². The number of hydrogen-bond donors (Lipinski definition) is 0. The molecule has 2 aliphatic heterocycles. The highest BCUT2D eigenvalue weighted by molar-refractivity contribution is 7.91. The highest BCUT2D eigenvalue weighted by Gasteiger charge is 2.30. The molecule has 3 aromatic rings. The number of aromatic nitrogens is 1. The zero-order valence-corrected chi connectivity index (χ0v) is 19.0. The molecular formula is C21H23N3O5S2. The molecule has 2 aromatic heterocycles. The largest absolute Gasteiger partial charge is 0.454 e. The van der Waals surface area contributed by atoms with E-state index in [1.807, 2.05) is 32.0 Å². The zero-order chi connectivity index (χ0) is 21.6. The fraction of sp³-hybridized carbons (Fsp3) is 0.381. The Morgan fingerprint density at radius 1 is 1.03 bits per heavy atom. The molecule has 164 valence electrons. The van der Waals surface area contributed by atoms with E-state index in [0.29, 0.717) is 36.1 Å². The average Bonchev–Trinajstić information content (AvgIpc) is 3.49. The van der Waals surface area contributed by atoms with Gasteiger partial charge in [-0.15, -0.1) is 11.3 Å². The molecule has 2 aliphatic rings. The van der Waals surface area contributed by atoms with Crippen molar-refractivity contribution in [2.45, 2.75) is 24.6 Å². The van der Waals surface area contributed by atoms with Crippen molar-refractivity contribution in [1.82, 2.24) is 14.4 Å². The number of hydrogen-bond acceptors (Lipinski definition) is 8. The predicted molar refractivity (Wildman–Crippen MR) is 116 cm³/mol. The van der Waals surface area contributed by atoms with Crippen LogP contribution in [-0.4, -0.2) is 55.8 Å². The van der Waals surface area contributed by atoms with Crippen molar-refractivity contribution < 1.29 is 22.4 Å². The number of aryl methyl sites for hydroxylation is 1. The Morgan fingerprint density at radius 2 is 1.81 bits per heavy atom. The Morgan fingerprint density at radius 3 is 2.55 bits per heavy atom. The van der Waals surface area contributed by atoms with Crippen molar-refractivity contribution in [3.63, 3.8) is 0 Å². The van der Waals surface area contributed by atoms with E-state index < -0.39 is 10.0 Å². The third-order valence-corrected chi connectivity index (χ3v) is 9.18. The smallest absolute Gasteiger partial charge is 0.252 e. The maximum atomic E-state index is 13.2. The van der Waals surface area contributed by atoms with Crippen LogP contribution < -0.4 is 9.47 Å². The fourth-order valence-electron chi connectivity index (χ4n) is 3.78. The first kappa shape index (κ1) is 20.5. The molecule has 0 atom stereocenters. The van der Waals surface area contributed by atoms with E-state index in [9.17, 15) is 8.42 Å². The highest BCUT2D eigenvalue weighted by Crippen LogP contribution is 2.35. The van der Waals surface area contributed by atoms with Crippen molar-refractivity contribution in [2.24, 2.45) is 0 Å². The van der Waals surface area contributed by atoms with Crippen LogP contribution in [0.25, 0.3) is 10.6 Å². The summed E-state index contributed by atoms with van der Waals surface area (Å²) in [5.74, 6) is 2.17. The Hall–Kier alpha value is -2.40. The van der Waals surface area contributed by atoms with Gasteiger partial charge in [-0.3, -0.25) is 4.90 Å². The molecule has 5 rings (SSSR count). The van der Waals surface area contributed by atoms with E-state index in [-0.39, 0.29) is 6.79 Å². The van der Waals surface area contributed by atoms with Gasteiger partial charge in [-0.05, 0) is 43.7 Å². The normalized spacial score (nSPS) is 17.4. The lowest BCUT2D eigenvalue weighted by Gasteiger charge is -2.33. The first-order valence-electron chi connectivity index (χ1n) is 10.1. The number of sulfonamides is 1. The SMILES string of the molecule is Cc1noc(-c2ccc(S(=O)(=O)N3CCN(Cc4ccc5c(c4)OCO5)CC3)s2)c1C. The van der Waals surface area contributed by atoms with Gasteiger partial charge in [0.2, 0.25) is 6.79 Å². The summed E-state index contributed by atoms with van der Waals surface area (Å²) < 4.78 is 44.4. The maximum absolute atomic E-state index is 13.2. The Kier molecular flexibility index (Phi) is 5.25. The van der Waals surface area contributed by atoms with Gasteiger partial charge in [0.05, 0.1) is 10.6 Å². The van der Waals surface area contributed by atoms with Crippen molar-refractivity contribution in [3.8, 4) is 22.1 Å². The summed E-state index contributed by atoms with van der Waals surface area (Å²) in [5.41, 5.74) is 2.87. The summed E-state index contributed by atoms with van der Waals surface area (Å²) in [5, 5.41) is 3.97. The molecule has 0 radical (unpaired) electrons. The van der Waals surface area contributed by atoms with Crippen LogP contribution in [0, 0.1) is 13.8 Å². The third-order valence-electron chi connectivity index (χ3n) is 5.73. The van der Waals surface area contributed by atoms with Gasteiger partial charge in [0.25, 0.3) is 10.0 Å². The van der Waals surface area contributed by atoms with Crippen LogP contribution >= 0.6 is 11.3 Å². The molecular weight excluding hydrogens is 438 g/mol. The molecule has 0 aliphatic carbocycles. The summed E-state index contributed by atoms with van der Waals surface area (Å²) in [6.07, 6.45) is 0. The van der Waals surface area contributed by atoms with Crippen LogP contribution in [0.2, 0.25) is 0 Å². The molecule has 31 heavy (non-hydrogen) atoms. The van der Waals surface area contributed by atoms with Crippen molar-refractivity contribution in [3.05, 3.63) is 47.2 Å². The van der Waals surface area contributed by atoms with E-state index in [2.05, 4.69) is 10.1 Å². The fourth-order valence-corrected chi connectivity index (χ4v) is 6.70. The van der Waals surface area contributed by atoms with Gasteiger partial charge in [0.15, 0.2) is 17.3 Å². The Labute approximate surface area is 185 Å². The van der Waals surface area contributed by atoms with E-state index in [4.69, 9.17) is 14.0 Å². The highest BCUT2D eigenvalue weighted by atomic mass is 32.2. The van der Waals surface area contributed by atoms with Crippen molar-refractivity contribution in [2.75, 3.05) is 33.0 Å². The molecule has 1 aromatic carbocycles. The summed E-state index contributed by atoms with van der Waals surface area (Å²) in [7, 11) is -3.53. The monoisotopic (exact) mass is 461 g/mol. The average molecular weight is 462 g/mol. The van der Waals surface area contributed by atoms with E-state index in [1.165, 1.54) is 11.3 Å². The molecule has 0 unspecified atom stereocenters. The minimum atomic E-state index is -3.53. The summed E-state index contributed by atoms with van der Waals surface area (Å²) >= 11 is 1.23. The standard InChI is InChI=1S/C21H23N3O5S2/c1-14-15(2)22-29-21(14)19-5-6-20(30-19)31(25,26)24-9-7-23(8-10-24)12-16-3-4-17-18(11-16)28-13-27-17/h3-6,11H,7-10,12-13H2,1-2H3. The molecule has 1 fully saturated rings. The molecule has 10 heteroatoms. The van der Waals surface area contributed by atoms with Crippen LogP contribution in [0.4, 0.5) is 0 Å². The van der Waals surface area contributed by atoms with Crippen LogP contribution in [0.3, 0.4) is 0 Å². The molecule has 0 amide bonds. The van der Waals surface area contributed by atoms with Crippen LogP contribution in [0.1, 0.15) is 16.8 Å². The molecule has 0 saturated carbocycles. The summed E-state index contributed by atoms with van der Waals surface area (Å²) in [6.45, 7) is 7.07. The van der Waals surface area contributed by atoms with Crippen LogP contribution in [0.5, 0.6) is 11.5 Å². The quantitative estimate of drug-likeness (QED) is 0.577. The number of piperazine rings is 1. The van der Waals surface area contributed by atoms with Gasteiger partial charge >= 0.3 is 0 Å². The minimum absolute atomic E-state index is 0.259. The van der Waals surface area contributed by atoms with E-state index in [0.717, 1.165) is 39.7 Å². The van der Waals surface area contributed by atoms with Gasteiger partial charge < -0.3 is 14.0 Å².